The molecule has 1 spiro atoms. The molecule has 4 aliphatic carbocycles. The predicted molar refractivity (Wildman–Crippen MR) is 224 cm³/mol. The molecule has 7 rings (SSSR count). The lowest BCUT2D eigenvalue weighted by molar-refractivity contribution is -0.135. The number of allylic oxidation sites excluding steroid dienone is 1. The van der Waals surface area contributed by atoms with E-state index in [9.17, 15) is 30.0 Å². The van der Waals surface area contributed by atoms with Gasteiger partial charge >= 0.3 is 0 Å². The average molecular weight is 806 g/mol. The van der Waals surface area contributed by atoms with Gasteiger partial charge in [0.15, 0.2) is 12.0 Å². The number of carbonyl (C=O) groups excluding carboxylic acids is 2. The molecule has 3 saturated carbocycles. The summed E-state index contributed by atoms with van der Waals surface area (Å²) in [5, 5.41) is 51.9. The van der Waals surface area contributed by atoms with Crippen molar-refractivity contribution in [3.63, 3.8) is 0 Å². The van der Waals surface area contributed by atoms with E-state index in [2.05, 4.69) is 33.5 Å². The minimum atomic E-state index is -1.11. The van der Waals surface area contributed by atoms with Crippen LogP contribution >= 0.6 is 0 Å². The van der Waals surface area contributed by atoms with Gasteiger partial charge in [-0.1, -0.05) is 11.8 Å². The Morgan fingerprint density at radius 1 is 1.00 bits per heavy atom. The molecule has 0 bridgehead atoms. The third kappa shape index (κ3) is 10.5. The normalized spacial score (nSPS) is 41.5. The van der Waals surface area contributed by atoms with Crippen molar-refractivity contribution in [2.24, 2.45) is 69.4 Å². The average Bonchev–Trinajstić information content (AvgIpc) is 3.74. The summed E-state index contributed by atoms with van der Waals surface area (Å²) in [5.74, 6) is 9.94. The van der Waals surface area contributed by atoms with Gasteiger partial charge in [-0.2, -0.15) is 0 Å². The second-order valence-electron chi connectivity index (χ2n) is 19.7. The van der Waals surface area contributed by atoms with E-state index < -0.39 is 23.7 Å². The zero-order chi connectivity index (χ0) is 40.8. The molecular weight excluding hydrogens is 733 g/mol. The summed E-state index contributed by atoms with van der Waals surface area (Å²) in [6, 6.07) is 0.280. The molecule has 11 nitrogen and oxygen atoms in total. The van der Waals surface area contributed by atoms with E-state index in [1.54, 1.807) is 7.11 Å². The van der Waals surface area contributed by atoms with Gasteiger partial charge in [-0.05, 0) is 150 Å². The minimum absolute atomic E-state index is 0.0362. The number of ketones is 2. The summed E-state index contributed by atoms with van der Waals surface area (Å²) < 4.78 is 5.72. The highest BCUT2D eigenvalue weighted by Crippen LogP contribution is 2.48. The van der Waals surface area contributed by atoms with Crippen molar-refractivity contribution in [3.05, 3.63) is 18.2 Å². The Kier molecular flexibility index (Phi) is 15.3. The zero-order valence-electron chi connectivity index (χ0n) is 35.0. The van der Waals surface area contributed by atoms with Crippen LogP contribution in [-0.4, -0.2) is 102 Å². The molecule has 0 amide bonds. The highest BCUT2D eigenvalue weighted by Gasteiger charge is 2.50. The quantitative estimate of drug-likeness (QED) is 0.0989. The van der Waals surface area contributed by atoms with Gasteiger partial charge in [0, 0.05) is 57.9 Å². The molecule has 8 N–H and O–H groups in total. The SMILES string of the molecule is COC1CC2CCC(=O)[C@@]3(C#C[C@H](CC[C@H](O)CCC4CC(N)NCC4CC4=C[CH+]N=C4)C2CC1O)CC[C@H](C[C@H](CCO)[C@@H]1CN[C@@H]2CC(=O)CC[C@H]2C1)C[C@H]3O. The molecule has 5 fully saturated rings. The van der Waals surface area contributed by atoms with Gasteiger partial charge in [-0.3, -0.25) is 9.59 Å². The number of nitrogens with zero attached hydrogens (tertiary/aromatic N) is 1. The first-order valence-corrected chi connectivity index (χ1v) is 23.1. The molecule has 58 heavy (non-hydrogen) atoms. The number of methoxy groups -OCH3 is 1. The maximum atomic E-state index is 14.3. The number of piperidine rings is 2. The van der Waals surface area contributed by atoms with Crippen LogP contribution in [0.5, 0.6) is 0 Å². The monoisotopic (exact) mass is 806 g/mol. The van der Waals surface area contributed by atoms with E-state index in [1.807, 2.05) is 12.8 Å². The van der Waals surface area contributed by atoms with Crippen molar-refractivity contribution >= 4 is 17.8 Å². The highest BCUT2D eigenvalue weighted by molar-refractivity contribution is 5.89. The Hall–Kier alpha value is -2.14. The summed E-state index contributed by atoms with van der Waals surface area (Å²) in [4.78, 5) is 30.7. The first kappa shape index (κ1) is 43.9. The number of carbonyl (C=O) groups is 2. The molecule has 0 aromatic carbocycles. The zero-order valence-corrected chi connectivity index (χ0v) is 35.0. The Morgan fingerprint density at radius 3 is 2.60 bits per heavy atom. The molecule has 16 atom stereocenters. The number of aliphatic hydroxyl groups is 4. The first-order chi connectivity index (χ1) is 28.0. The largest absolute Gasteiger partial charge is 0.396 e. The van der Waals surface area contributed by atoms with Crippen LogP contribution in [0.3, 0.4) is 0 Å². The summed E-state index contributed by atoms with van der Waals surface area (Å²) >= 11 is 0. The Labute approximate surface area is 347 Å². The second kappa shape index (κ2) is 20.2. The highest BCUT2D eigenvalue weighted by atomic mass is 16.5. The molecule has 0 aromatic rings. The lowest BCUT2D eigenvalue weighted by Gasteiger charge is -2.44. The van der Waals surface area contributed by atoms with E-state index in [0.717, 1.165) is 64.5 Å². The maximum Gasteiger partial charge on any atom is 0.176 e. The smallest absolute Gasteiger partial charge is 0.176 e. The molecule has 3 heterocycles. The summed E-state index contributed by atoms with van der Waals surface area (Å²) in [6.45, 7) is 3.69. The van der Waals surface area contributed by atoms with Gasteiger partial charge in [-0.25, -0.2) is 0 Å². The van der Waals surface area contributed by atoms with Gasteiger partial charge in [0.05, 0.1) is 36.7 Å². The summed E-state index contributed by atoms with van der Waals surface area (Å²) in [7, 11) is 1.65. The summed E-state index contributed by atoms with van der Waals surface area (Å²) in [6.07, 6.45) is 15.5. The molecule has 2 saturated heterocycles. The van der Waals surface area contributed by atoms with Crippen LogP contribution in [0.15, 0.2) is 16.6 Å². The van der Waals surface area contributed by atoms with Crippen LogP contribution in [0.25, 0.3) is 0 Å². The van der Waals surface area contributed by atoms with Crippen molar-refractivity contribution in [2.45, 2.75) is 159 Å². The predicted octanol–water partition coefficient (Wildman–Crippen LogP) is 4.25. The number of aliphatic imine (C=N–C) groups is 1. The Bertz CT molecular complexity index is 1530. The molecule has 11 heteroatoms. The summed E-state index contributed by atoms with van der Waals surface area (Å²) in [5.41, 5.74) is 6.47. The van der Waals surface area contributed by atoms with Crippen molar-refractivity contribution in [2.75, 3.05) is 26.8 Å². The second-order valence-corrected chi connectivity index (χ2v) is 19.7. The van der Waals surface area contributed by atoms with E-state index in [-0.39, 0.29) is 54.4 Å². The fraction of sp³-hybridized carbons (Fsp3) is 0.830. The van der Waals surface area contributed by atoms with Gasteiger partial charge in [0.25, 0.3) is 0 Å². The van der Waals surface area contributed by atoms with E-state index in [4.69, 9.17) is 10.5 Å². The molecule has 3 aliphatic heterocycles. The van der Waals surface area contributed by atoms with Crippen molar-refractivity contribution < 1.29 is 34.8 Å². The maximum absolute atomic E-state index is 14.3. The van der Waals surface area contributed by atoms with Crippen LogP contribution in [0, 0.1) is 77.1 Å². The van der Waals surface area contributed by atoms with Crippen LogP contribution in [0.1, 0.15) is 122 Å². The molecule has 0 radical (unpaired) electrons. The van der Waals surface area contributed by atoms with Crippen molar-refractivity contribution in [1.29, 1.82) is 0 Å². The van der Waals surface area contributed by atoms with Crippen LogP contribution < -0.4 is 16.4 Å². The van der Waals surface area contributed by atoms with Crippen LogP contribution in [0.2, 0.25) is 0 Å². The number of hydrogen-bond donors (Lipinski definition) is 7. The number of nitrogens with two attached hydrogens (primary N) is 1. The van der Waals surface area contributed by atoms with E-state index in [1.165, 1.54) is 5.57 Å². The Balaban J connectivity index is 1.01. The number of hydrogen-bond acceptors (Lipinski definition) is 11. The third-order valence-electron chi connectivity index (χ3n) is 16.2. The van der Waals surface area contributed by atoms with E-state index >= 15 is 0 Å². The number of Topliss-reactive ketones (excluding diaryl/α,β-unsaturated/α-hetero) is 2. The molecule has 7 unspecified atom stereocenters. The number of rotatable bonds is 14. The van der Waals surface area contributed by atoms with Crippen molar-refractivity contribution in [3.8, 4) is 11.8 Å². The fourth-order valence-corrected chi connectivity index (χ4v) is 12.7. The third-order valence-corrected chi connectivity index (χ3v) is 16.2. The number of ether oxygens (including phenoxy) is 1. The van der Waals surface area contributed by atoms with Gasteiger partial charge in [0.1, 0.15) is 23.3 Å². The first-order valence-electron chi connectivity index (χ1n) is 23.1. The standard InChI is InChI=1S/C47H73N4O7/c1-58-43-22-34-5-9-44(56)47(14-10-29(20-45(47)57)18-33(13-17-52)37-21-35-4-8-39(54)24-41(35)50-27-37)15-11-31(40(34)25-42(43)55)2-6-38(53)7-3-32-23-46(48)51-28-36(32)19-30-12-16-49-26-30/h12,16,26,29,31-38,40-43,45-46,50-53,55,57H,2-10,13-14,17-25,27-28,48H2,1H3/q+1/t29-,31+,32?,33+,34?,35+,36?,37+,38+,40?,41-,42?,43?,45-,46?,47+/m1/s1. The van der Waals surface area contributed by atoms with Crippen LogP contribution in [-0.2, 0) is 14.3 Å². The minimum Gasteiger partial charge on any atom is -0.396 e. The van der Waals surface area contributed by atoms with Crippen molar-refractivity contribution in [1.82, 2.24) is 10.6 Å². The molecule has 0 aromatic heterocycles. The molecule has 7 aliphatic rings. The number of aliphatic hydroxyl groups excluding tert-OH is 4. The van der Waals surface area contributed by atoms with Gasteiger partial charge < -0.3 is 41.5 Å². The Morgan fingerprint density at radius 2 is 1.83 bits per heavy atom. The van der Waals surface area contributed by atoms with Crippen LogP contribution in [0.4, 0.5) is 0 Å². The lowest BCUT2D eigenvalue weighted by atomic mass is 9.63. The fourth-order valence-electron chi connectivity index (χ4n) is 12.7. The van der Waals surface area contributed by atoms with Gasteiger partial charge in [-0.15, -0.1) is 4.99 Å². The molecule has 322 valence electrons. The number of fused-ring (bicyclic) bond motifs is 2. The van der Waals surface area contributed by atoms with Gasteiger partial charge in [0.2, 0.25) is 0 Å². The molecular formula is C47H73N4O7+. The topological polar surface area (TPSA) is 187 Å². The van der Waals surface area contributed by atoms with E-state index in [0.29, 0.717) is 106 Å². The number of nitrogens with one attached hydrogen (secondary N) is 2. The lowest BCUT2D eigenvalue weighted by Crippen LogP contribution is -2.50.